The van der Waals surface area contributed by atoms with Crippen molar-refractivity contribution in [3.8, 4) is 0 Å². The molecule has 0 saturated carbocycles. The van der Waals surface area contributed by atoms with Crippen LogP contribution in [0.4, 0.5) is 4.79 Å². The molecule has 0 aromatic rings. The van der Waals surface area contributed by atoms with Crippen LogP contribution in [0.15, 0.2) is 0 Å². The molecule has 2 amide bonds. The Morgan fingerprint density at radius 3 is 2.05 bits per heavy atom. The first-order valence-electron chi connectivity index (χ1n) is 6.87. The Hall–Kier alpha value is -1.79. The van der Waals surface area contributed by atoms with Crippen LogP contribution in [0.5, 0.6) is 0 Å². The molecule has 0 atom stereocenters. The molecule has 0 rings (SSSR count). The number of aliphatic carboxylic acids is 1. The second kappa shape index (κ2) is 7.85. The highest BCUT2D eigenvalue weighted by Gasteiger charge is 2.32. The number of ether oxygens (including phenoxy) is 1. The standard InChI is InChI=1S/C14H26N2O5/c1-10(2)15(9-12(19)21-6)13(20)16(14(3,4)5)8-7-11(17)18/h10H,7-9H2,1-6H3,(H,17,18). The smallest absolute Gasteiger partial charge is 0.325 e. The highest BCUT2D eigenvalue weighted by atomic mass is 16.5. The normalized spacial score (nSPS) is 11.2. The Kier molecular flexibility index (Phi) is 7.18. The molecule has 21 heavy (non-hydrogen) atoms. The molecule has 0 aromatic carbocycles. The van der Waals surface area contributed by atoms with Crippen molar-refractivity contribution in [2.45, 2.75) is 52.6 Å². The minimum absolute atomic E-state index is 0.0854. The molecule has 0 spiro atoms. The maximum Gasteiger partial charge on any atom is 0.325 e. The molecule has 7 heteroatoms. The minimum Gasteiger partial charge on any atom is -0.481 e. The lowest BCUT2D eigenvalue weighted by Gasteiger charge is -2.40. The second-order valence-electron chi connectivity index (χ2n) is 6.05. The van der Waals surface area contributed by atoms with E-state index in [0.717, 1.165) is 0 Å². The van der Waals surface area contributed by atoms with Crippen molar-refractivity contribution in [1.82, 2.24) is 9.80 Å². The number of carbonyl (C=O) groups excluding carboxylic acids is 2. The van der Waals surface area contributed by atoms with Crippen LogP contribution in [-0.4, -0.2) is 64.7 Å². The zero-order valence-corrected chi connectivity index (χ0v) is 13.7. The first-order chi connectivity index (χ1) is 9.50. The number of carboxylic acids is 1. The lowest BCUT2D eigenvalue weighted by Crippen LogP contribution is -2.55. The van der Waals surface area contributed by atoms with Crippen LogP contribution in [0.25, 0.3) is 0 Å². The van der Waals surface area contributed by atoms with Gasteiger partial charge in [-0.05, 0) is 34.6 Å². The number of rotatable bonds is 6. The van der Waals surface area contributed by atoms with Gasteiger partial charge < -0.3 is 19.6 Å². The van der Waals surface area contributed by atoms with E-state index in [1.54, 1.807) is 13.8 Å². The Labute approximate surface area is 125 Å². The molecule has 0 saturated heterocycles. The van der Waals surface area contributed by atoms with E-state index in [4.69, 9.17) is 5.11 Å². The third-order valence-corrected chi connectivity index (χ3v) is 2.99. The predicted molar refractivity (Wildman–Crippen MR) is 78.0 cm³/mol. The molecule has 0 unspecified atom stereocenters. The largest absolute Gasteiger partial charge is 0.481 e. The van der Waals surface area contributed by atoms with Gasteiger partial charge in [0.1, 0.15) is 6.54 Å². The fraction of sp³-hybridized carbons (Fsp3) is 0.786. The number of esters is 1. The van der Waals surface area contributed by atoms with Gasteiger partial charge in [0.15, 0.2) is 0 Å². The summed E-state index contributed by atoms with van der Waals surface area (Å²) in [7, 11) is 1.26. The Balaban J connectivity index is 5.20. The second-order valence-corrected chi connectivity index (χ2v) is 6.05. The average Bonchev–Trinajstić information content (AvgIpc) is 2.32. The number of carboxylic acid groups (broad SMARTS) is 1. The van der Waals surface area contributed by atoms with Crippen molar-refractivity contribution in [1.29, 1.82) is 0 Å². The molecular formula is C14H26N2O5. The predicted octanol–water partition coefficient (Wildman–Crippen LogP) is 1.56. The van der Waals surface area contributed by atoms with E-state index in [9.17, 15) is 14.4 Å². The summed E-state index contributed by atoms with van der Waals surface area (Å²) >= 11 is 0. The first kappa shape index (κ1) is 19.2. The Morgan fingerprint density at radius 2 is 1.71 bits per heavy atom. The summed E-state index contributed by atoms with van der Waals surface area (Å²) in [5, 5.41) is 8.82. The quantitative estimate of drug-likeness (QED) is 0.752. The number of nitrogens with zero attached hydrogens (tertiary/aromatic N) is 2. The highest BCUT2D eigenvalue weighted by molar-refractivity contribution is 5.82. The Morgan fingerprint density at radius 1 is 1.19 bits per heavy atom. The Bertz CT molecular complexity index is 387. The number of amides is 2. The van der Waals surface area contributed by atoms with Crippen molar-refractivity contribution < 1.29 is 24.2 Å². The molecule has 0 aliphatic heterocycles. The van der Waals surface area contributed by atoms with Crippen LogP contribution in [0.3, 0.4) is 0 Å². The van der Waals surface area contributed by atoms with E-state index in [1.165, 1.54) is 16.9 Å². The van der Waals surface area contributed by atoms with Crippen LogP contribution in [-0.2, 0) is 14.3 Å². The summed E-state index contributed by atoms with van der Waals surface area (Å²) in [4.78, 5) is 37.7. The van der Waals surface area contributed by atoms with Crippen molar-refractivity contribution in [2.24, 2.45) is 0 Å². The third kappa shape index (κ3) is 6.46. The molecule has 0 bridgehead atoms. The van der Waals surface area contributed by atoms with Gasteiger partial charge in [0.05, 0.1) is 13.5 Å². The van der Waals surface area contributed by atoms with Gasteiger partial charge in [-0.1, -0.05) is 0 Å². The lowest BCUT2D eigenvalue weighted by atomic mass is 10.1. The van der Waals surface area contributed by atoms with E-state index in [2.05, 4.69) is 4.74 Å². The summed E-state index contributed by atoms with van der Waals surface area (Å²) in [5.74, 6) is -1.48. The zero-order valence-electron chi connectivity index (χ0n) is 13.7. The van der Waals surface area contributed by atoms with Gasteiger partial charge in [-0.15, -0.1) is 0 Å². The van der Waals surface area contributed by atoms with E-state index in [-0.39, 0.29) is 31.6 Å². The SMILES string of the molecule is COC(=O)CN(C(=O)N(CCC(=O)O)C(C)(C)C)C(C)C. The lowest BCUT2D eigenvalue weighted by molar-refractivity contribution is -0.142. The topological polar surface area (TPSA) is 87.2 Å². The zero-order chi connectivity index (χ0) is 16.8. The van der Waals surface area contributed by atoms with Crippen molar-refractivity contribution in [3.63, 3.8) is 0 Å². The van der Waals surface area contributed by atoms with E-state index in [1.807, 2.05) is 20.8 Å². The molecule has 0 aliphatic carbocycles. The van der Waals surface area contributed by atoms with Crippen LogP contribution < -0.4 is 0 Å². The van der Waals surface area contributed by atoms with Crippen molar-refractivity contribution in [3.05, 3.63) is 0 Å². The monoisotopic (exact) mass is 302 g/mol. The van der Waals surface area contributed by atoms with Gasteiger partial charge in [0, 0.05) is 18.1 Å². The first-order valence-corrected chi connectivity index (χ1v) is 6.87. The maximum absolute atomic E-state index is 12.6. The minimum atomic E-state index is -0.971. The summed E-state index contributed by atoms with van der Waals surface area (Å²) in [6, 6.07) is -0.574. The number of hydrogen-bond acceptors (Lipinski definition) is 4. The maximum atomic E-state index is 12.6. The molecule has 0 aromatic heterocycles. The van der Waals surface area contributed by atoms with Gasteiger partial charge in [-0.25, -0.2) is 4.79 Å². The van der Waals surface area contributed by atoms with Gasteiger partial charge in [-0.3, -0.25) is 9.59 Å². The summed E-state index contributed by atoms with van der Waals surface area (Å²) in [6.45, 7) is 8.97. The molecule has 1 N–H and O–H groups in total. The molecule has 0 aliphatic rings. The summed E-state index contributed by atoms with van der Waals surface area (Å²) in [6.07, 6.45) is -0.146. The molecular weight excluding hydrogens is 276 g/mol. The number of urea groups is 1. The molecule has 122 valence electrons. The van der Waals surface area contributed by atoms with Crippen LogP contribution in [0.2, 0.25) is 0 Å². The van der Waals surface area contributed by atoms with E-state index >= 15 is 0 Å². The summed E-state index contributed by atoms with van der Waals surface area (Å²) in [5.41, 5.74) is -0.546. The highest BCUT2D eigenvalue weighted by Crippen LogP contribution is 2.18. The van der Waals surface area contributed by atoms with Crippen molar-refractivity contribution in [2.75, 3.05) is 20.2 Å². The van der Waals surface area contributed by atoms with Crippen LogP contribution >= 0.6 is 0 Å². The average molecular weight is 302 g/mol. The van der Waals surface area contributed by atoms with Crippen LogP contribution in [0.1, 0.15) is 41.0 Å². The van der Waals surface area contributed by atoms with E-state index in [0.29, 0.717) is 0 Å². The molecule has 0 radical (unpaired) electrons. The molecule has 0 fully saturated rings. The van der Waals surface area contributed by atoms with Crippen LogP contribution in [0, 0.1) is 0 Å². The van der Waals surface area contributed by atoms with Crippen molar-refractivity contribution >= 4 is 18.0 Å². The number of hydrogen-bond donors (Lipinski definition) is 1. The van der Waals surface area contributed by atoms with Gasteiger partial charge in [0.25, 0.3) is 0 Å². The number of methoxy groups -OCH3 is 1. The fourth-order valence-electron chi connectivity index (χ4n) is 1.76. The third-order valence-electron chi connectivity index (χ3n) is 2.99. The summed E-state index contributed by atoms with van der Waals surface area (Å²) < 4.78 is 4.60. The molecule has 0 heterocycles. The molecule has 7 nitrogen and oxygen atoms in total. The van der Waals surface area contributed by atoms with E-state index < -0.39 is 17.5 Å². The van der Waals surface area contributed by atoms with Gasteiger partial charge >= 0.3 is 18.0 Å². The van der Waals surface area contributed by atoms with Gasteiger partial charge in [-0.2, -0.15) is 0 Å². The van der Waals surface area contributed by atoms with Gasteiger partial charge in [0.2, 0.25) is 0 Å². The fourth-order valence-corrected chi connectivity index (χ4v) is 1.76. The number of carbonyl (C=O) groups is 3.